The molecule has 1 aromatic heterocycles. The normalized spacial score (nSPS) is 10.0. The summed E-state index contributed by atoms with van der Waals surface area (Å²) in [6.45, 7) is 1.86. The highest BCUT2D eigenvalue weighted by Crippen LogP contribution is 2.13. The average molecular weight is 300 g/mol. The van der Waals surface area contributed by atoms with E-state index in [2.05, 4.69) is 4.98 Å². The van der Waals surface area contributed by atoms with Crippen LogP contribution in [-0.4, -0.2) is 30.0 Å². The summed E-state index contributed by atoms with van der Waals surface area (Å²) in [6.07, 6.45) is 1.42. The second-order valence-corrected chi connectivity index (χ2v) is 4.46. The van der Waals surface area contributed by atoms with Crippen LogP contribution in [0.5, 0.6) is 0 Å². The zero-order valence-corrected chi connectivity index (χ0v) is 12.1. The third kappa shape index (κ3) is 3.60. The second kappa shape index (κ2) is 7.21. The molecule has 2 rings (SSSR count). The summed E-state index contributed by atoms with van der Waals surface area (Å²) in [5, 5.41) is 0. The van der Waals surface area contributed by atoms with Crippen molar-refractivity contribution in [2.24, 2.45) is 0 Å². The monoisotopic (exact) mass is 300 g/mol. The standard InChI is InChI=1S/C16H16N2O4/c1-2-18(12-7-4-3-5-8-12)14(19)11-22-16(21)13-9-6-10-17-15(13)20/h3-10H,2,11H2,1H3,(H,17,20). The van der Waals surface area contributed by atoms with E-state index in [-0.39, 0.29) is 11.5 Å². The third-order valence-corrected chi connectivity index (χ3v) is 3.05. The number of carbonyl (C=O) groups is 2. The number of nitrogens with one attached hydrogen (secondary N) is 1. The maximum absolute atomic E-state index is 12.2. The zero-order valence-electron chi connectivity index (χ0n) is 12.1. The molecule has 6 nitrogen and oxygen atoms in total. The Morgan fingerprint density at radius 1 is 1.14 bits per heavy atom. The van der Waals surface area contributed by atoms with E-state index in [0.717, 1.165) is 5.69 Å². The number of hydrogen-bond donors (Lipinski definition) is 1. The number of likely N-dealkylation sites (N-methyl/N-ethyl adjacent to an activating group) is 1. The van der Waals surface area contributed by atoms with Crippen LogP contribution in [0.15, 0.2) is 53.5 Å². The van der Waals surface area contributed by atoms with Crippen molar-refractivity contribution in [2.75, 3.05) is 18.1 Å². The van der Waals surface area contributed by atoms with Crippen LogP contribution in [-0.2, 0) is 9.53 Å². The SMILES string of the molecule is CCN(C(=O)COC(=O)c1ccc[nH]c1=O)c1ccccc1. The minimum Gasteiger partial charge on any atom is -0.452 e. The molecule has 0 aliphatic rings. The van der Waals surface area contributed by atoms with Crippen molar-refractivity contribution >= 4 is 17.6 Å². The first-order valence-electron chi connectivity index (χ1n) is 6.83. The molecule has 1 heterocycles. The predicted molar refractivity (Wildman–Crippen MR) is 81.8 cm³/mol. The van der Waals surface area contributed by atoms with Gasteiger partial charge in [0.1, 0.15) is 5.56 Å². The molecule has 1 N–H and O–H groups in total. The molecule has 6 heteroatoms. The first-order valence-corrected chi connectivity index (χ1v) is 6.83. The molecular formula is C16H16N2O4. The van der Waals surface area contributed by atoms with Gasteiger partial charge in [0.2, 0.25) is 0 Å². The second-order valence-electron chi connectivity index (χ2n) is 4.46. The van der Waals surface area contributed by atoms with Crippen LogP contribution in [0.3, 0.4) is 0 Å². The highest BCUT2D eigenvalue weighted by atomic mass is 16.5. The van der Waals surface area contributed by atoms with Crippen molar-refractivity contribution in [1.82, 2.24) is 4.98 Å². The number of carbonyl (C=O) groups excluding carboxylic acids is 2. The Kier molecular flexibility index (Phi) is 5.08. The van der Waals surface area contributed by atoms with Crippen LogP contribution in [0.1, 0.15) is 17.3 Å². The molecule has 1 amide bonds. The van der Waals surface area contributed by atoms with Gasteiger partial charge in [0.05, 0.1) is 0 Å². The first kappa shape index (κ1) is 15.5. The first-order chi connectivity index (χ1) is 10.6. The summed E-state index contributed by atoms with van der Waals surface area (Å²) in [6, 6.07) is 11.9. The smallest absolute Gasteiger partial charge is 0.344 e. The number of anilines is 1. The van der Waals surface area contributed by atoms with Gasteiger partial charge in [0.25, 0.3) is 11.5 Å². The molecule has 0 unspecified atom stereocenters. The summed E-state index contributed by atoms with van der Waals surface area (Å²) < 4.78 is 4.92. The number of pyridine rings is 1. The average Bonchev–Trinajstić information content (AvgIpc) is 2.55. The minimum atomic E-state index is -0.820. The molecule has 0 aliphatic carbocycles. The summed E-state index contributed by atoms with van der Waals surface area (Å²) in [7, 11) is 0. The van der Waals surface area contributed by atoms with Crippen molar-refractivity contribution in [2.45, 2.75) is 6.92 Å². The van der Waals surface area contributed by atoms with Crippen LogP contribution in [0.2, 0.25) is 0 Å². The topological polar surface area (TPSA) is 79.5 Å². The summed E-state index contributed by atoms with van der Waals surface area (Å²) in [4.78, 5) is 39.3. The van der Waals surface area contributed by atoms with E-state index >= 15 is 0 Å². The Morgan fingerprint density at radius 2 is 1.86 bits per heavy atom. The van der Waals surface area contributed by atoms with Gasteiger partial charge in [-0.2, -0.15) is 0 Å². The quantitative estimate of drug-likeness (QED) is 0.850. The number of amides is 1. The van der Waals surface area contributed by atoms with E-state index in [1.807, 2.05) is 25.1 Å². The lowest BCUT2D eigenvalue weighted by molar-refractivity contribution is -0.121. The van der Waals surface area contributed by atoms with E-state index in [0.29, 0.717) is 6.54 Å². The Morgan fingerprint density at radius 3 is 2.50 bits per heavy atom. The number of aromatic nitrogens is 1. The Balaban J connectivity index is 2.02. The third-order valence-electron chi connectivity index (χ3n) is 3.05. The number of ether oxygens (including phenoxy) is 1. The number of esters is 1. The summed E-state index contributed by atoms with van der Waals surface area (Å²) in [5.41, 5.74) is 0.0528. The molecule has 22 heavy (non-hydrogen) atoms. The molecule has 114 valence electrons. The fraction of sp³-hybridized carbons (Fsp3) is 0.188. The van der Waals surface area contributed by atoms with Gasteiger partial charge in [-0.3, -0.25) is 9.59 Å². The van der Waals surface area contributed by atoms with Gasteiger partial charge in [-0.25, -0.2) is 4.79 Å². The molecular weight excluding hydrogens is 284 g/mol. The van der Waals surface area contributed by atoms with Crippen molar-refractivity contribution in [1.29, 1.82) is 0 Å². The fourth-order valence-corrected chi connectivity index (χ4v) is 1.98. The van der Waals surface area contributed by atoms with Gasteiger partial charge < -0.3 is 14.6 Å². The molecule has 0 aliphatic heterocycles. The number of nitrogens with zero attached hydrogens (tertiary/aromatic N) is 1. The lowest BCUT2D eigenvalue weighted by Crippen LogP contribution is -2.35. The van der Waals surface area contributed by atoms with Gasteiger partial charge in [-0.15, -0.1) is 0 Å². The lowest BCUT2D eigenvalue weighted by Gasteiger charge is -2.20. The van der Waals surface area contributed by atoms with Crippen LogP contribution in [0.4, 0.5) is 5.69 Å². The maximum Gasteiger partial charge on any atom is 0.344 e. The Labute approximate surface area is 127 Å². The van der Waals surface area contributed by atoms with Gasteiger partial charge in [-0.05, 0) is 31.2 Å². The Hall–Kier alpha value is -2.89. The van der Waals surface area contributed by atoms with Gasteiger partial charge in [-0.1, -0.05) is 18.2 Å². The minimum absolute atomic E-state index is 0.127. The number of rotatable bonds is 5. The summed E-state index contributed by atoms with van der Waals surface area (Å²) >= 11 is 0. The Bertz CT molecular complexity index is 709. The van der Waals surface area contributed by atoms with Crippen molar-refractivity contribution < 1.29 is 14.3 Å². The molecule has 0 saturated heterocycles. The largest absolute Gasteiger partial charge is 0.452 e. The number of hydrogen-bond acceptors (Lipinski definition) is 4. The lowest BCUT2D eigenvalue weighted by atomic mass is 10.3. The van der Waals surface area contributed by atoms with Gasteiger partial charge in [0, 0.05) is 18.4 Å². The van der Waals surface area contributed by atoms with Crippen LogP contribution < -0.4 is 10.5 Å². The number of aromatic amines is 1. The number of H-pyrrole nitrogens is 1. The number of benzene rings is 1. The van der Waals surface area contributed by atoms with Crippen molar-refractivity contribution in [3.63, 3.8) is 0 Å². The summed E-state index contributed by atoms with van der Waals surface area (Å²) in [5.74, 6) is -1.17. The zero-order chi connectivity index (χ0) is 15.9. The molecule has 0 saturated carbocycles. The predicted octanol–water partition coefficient (Wildman–Crippen LogP) is 1.58. The molecule has 1 aromatic carbocycles. The van der Waals surface area contributed by atoms with Gasteiger partial charge in [0.15, 0.2) is 6.61 Å². The highest BCUT2D eigenvalue weighted by molar-refractivity contribution is 5.96. The van der Waals surface area contributed by atoms with E-state index < -0.39 is 18.1 Å². The highest BCUT2D eigenvalue weighted by Gasteiger charge is 2.17. The van der Waals surface area contributed by atoms with E-state index in [1.54, 1.807) is 12.1 Å². The number of para-hydroxylation sites is 1. The molecule has 0 bridgehead atoms. The van der Waals surface area contributed by atoms with Crippen LogP contribution in [0.25, 0.3) is 0 Å². The van der Waals surface area contributed by atoms with E-state index in [1.165, 1.54) is 23.2 Å². The van der Waals surface area contributed by atoms with Gasteiger partial charge >= 0.3 is 5.97 Å². The molecule has 0 radical (unpaired) electrons. The molecule has 0 fully saturated rings. The van der Waals surface area contributed by atoms with Crippen molar-refractivity contribution in [3.8, 4) is 0 Å². The molecule has 0 atom stereocenters. The maximum atomic E-state index is 12.2. The van der Waals surface area contributed by atoms with Crippen LogP contribution >= 0.6 is 0 Å². The molecule has 2 aromatic rings. The van der Waals surface area contributed by atoms with Crippen LogP contribution in [0, 0.1) is 0 Å². The van der Waals surface area contributed by atoms with E-state index in [4.69, 9.17) is 4.74 Å². The fourth-order valence-electron chi connectivity index (χ4n) is 1.98. The van der Waals surface area contributed by atoms with E-state index in [9.17, 15) is 14.4 Å². The van der Waals surface area contributed by atoms with Crippen molar-refractivity contribution in [3.05, 3.63) is 64.6 Å². The molecule has 0 spiro atoms.